The molecule has 2 rings (SSSR count). The van der Waals surface area contributed by atoms with Crippen LogP contribution in [0.15, 0.2) is 24.3 Å². The van der Waals surface area contributed by atoms with E-state index in [2.05, 4.69) is 6.07 Å². The van der Waals surface area contributed by atoms with Crippen molar-refractivity contribution in [2.45, 2.75) is 12.8 Å². The predicted molar refractivity (Wildman–Crippen MR) is 55.4 cm³/mol. The fourth-order valence-electron chi connectivity index (χ4n) is 1.57. The van der Waals surface area contributed by atoms with Gasteiger partial charge in [-0.2, -0.15) is 0 Å². The van der Waals surface area contributed by atoms with E-state index in [1.807, 2.05) is 24.3 Å². The lowest BCUT2D eigenvalue weighted by Gasteiger charge is -1.99. The van der Waals surface area contributed by atoms with Crippen LogP contribution < -0.4 is 4.74 Å². The van der Waals surface area contributed by atoms with Crippen molar-refractivity contribution in [3.8, 4) is 5.75 Å². The summed E-state index contributed by atoms with van der Waals surface area (Å²) in [4.78, 5) is 10.1. The minimum Gasteiger partial charge on any atom is -0.493 e. The molecule has 0 saturated heterocycles. The Bertz CT molecular complexity index is 367. The van der Waals surface area contributed by atoms with Crippen LogP contribution in [-0.2, 0) is 11.2 Å². The largest absolute Gasteiger partial charge is 0.493 e. The molecule has 1 aromatic rings. The fourth-order valence-corrected chi connectivity index (χ4v) is 1.57. The van der Waals surface area contributed by atoms with Crippen molar-refractivity contribution in [1.29, 1.82) is 0 Å². The Morgan fingerprint density at radius 1 is 1.43 bits per heavy atom. The van der Waals surface area contributed by atoms with Crippen LogP contribution in [-0.4, -0.2) is 12.9 Å². The smallest absolute Gasteiger partial charge is 0.123 e. The van der Waals surface area contributed by atoms with E-state index in [1.165, 1.54) is 5.56 Å². The molecule has 0 bridgehead atoms. The molecular formula is C12H12O2. The number of benzene rings is 1. The summed E-state index contributed by atoms with van der Waals surface area (Å²) < 4.78 is 5.40. The third-order valence-corrected chi connectivity index (χ3v) is 2.26. The zero-order valence-electron chi connectivity index (χ0n) is 7.90. The minimum atomic E-state index is 0.480. The van der Waals surface area contributed by atoms with Gasteiger partial charge in [-0.3, -0.25) is 0 Å². The Hall–Kier alpha value is -1.57. The van der Waals surface area contributed by atoms with Gasteiger partial charge >= 0.3 is 0 Å². The lowest BCUT2D eigenvalue weighted by Crippen LogP contribution is -1.85. The van der Waals surface area contributed by atoms with Crippen molar-refractivity contribution in [3.05, 3.63) is 35.4 Å². The Morgan fingerprint density at radius 2 is 2.36 bits per heavy atom. The standard InChI is InChI=1S/C12H12O2/c13-7-2-1-3-10-4-5-12-11(9-10)6-8-14-12/h1,3-5,7,9H,2,6,8H2. The maximum absolute atomic E-state index is 10.1. The molecule has 0 atom stereocenters. The van der Waals surface area contributed by atoms with Crippen LogP contribution in [0.4, 0.5) is 0 Å². The molecule has 2 nitrogen and oxygen atoms in total. The second kappa shape index (κ2) is 4.09. The van der Waals surface area contributed by atoms with Crippen LogP contribution in [0.2, 0.25) is 0 Å². The lowest BCUT2D eigenvalue weighted by molar-refractivity contribution is -0.107. The normalized spacial score (nSPS) is 14.0. The molecule has 1 heterocycles. The quantitative estimate of drug-likeness (QED) is 0.680. The monoisotopic (exact) mass is 188 g/mol. The Morgan fingerprint density at radius 3 is 3.21 bits per heavy atom. The van der Waals surface area contributed by atoms with Gasteiger partial charge in [-0.1, -0.05) is 18.2 Å². The van der Waals surface area contributed by atoms with E-state index in [1.54, 1.807) is 0 Å². The summed E-state index contributed by atoms with van der Waals surface area (Å²) in [6.07, 6.45) is 6.20. The lowest BCUT2D eigenvalue weighted by atomic mass is 10.1. The minimum absolute atomic E-state index is 0.480. The van der Waals surface area contributed by atoms with Gasteiger partial charge in [0.1, 0.15) is 12.0 Å². The highest BCUT2D eigenvalue weighted by Crippen LogP contribution is 2.26. The zero-order valence-corrected chi connectivity index (χ0v) is 7.90. The number of hydrogen-bond acceptors (Lipinski definition) is 2. The van der Waals surface area contributed by atoms with Gasteiger partial charge in [0.25, 0.3) is 0 Å². The molecule has 0 spiro atoms. The molecule has 0 N–H and O–H groups in total. The number of hydrogen-bond donors (Lipinski definition) is 0. The fraction of sp³-hybridized carbons (Fsp3) is 0.250. The Kier molecular flexibility index (Phi) is 2.63. The average molecular weight is 188 g/mol. The summed E-state index contributed by atoms with van der Waals surface area (Å²) in [6.45, 7) is 0.789. The second-order valence-corrected chi connectivity index (χ2v) is 3.27. The summed E-state index contributed by atoms with van der Waals surface area (Å²) in [6, 6.07) is 6.11. The van der Waals surface area contributed by atoms with Gasteiger partial charge in [0.15, 0.2) is 0 Å². The molecule has 0 saturated carbocycles. The predicted octanol–water partition coefficient (Wildman–Crippen LogP) is 2.22. The van der Waals surface area contributed by atoms with Gasteiger partial charge in [-0.25, -0.2) is 0 Å². The zero-order chi connectivity index (χ0) is 9.80. The van der Waals surface area contributed by atoms with Gasteiger partial charge in [-0.05, 0) is 23.3 Å². The van der Waals surface area contributed by atoms with Gasteiger partial charge in [-0.15, -0.1) is 0 Å². The number of carbonyl (C=O) groups is 1. The molecule has 0 aliphatic carbocycles. The maximum atomic E-state index is 10.1. The molecule has 0 radical (unpaired) electrons. The molecule has 14 heavy (non-hydrogen) atoms. The number of rotatable bonds is 3. The number of carbonyl (C=O) groups excluding carboxylic acids is 1. The SMILES string of the molecule is O=CCC=Cc1ccc2c(c1)CCO2. The first-order chi connectivity index (χ1) is 6.90. The molecule has 1 aliphatic heterocycles. The number of fused-ring (bicyclic) bond motifs is 1. The van der Waals surface area contributed by atoms with Crippen molar-refractivity contribution in [2.75, 3.05) is 6.61 Å². The van der Waals surface area contributed by atoms with Crippen LogP contribution >= 0.6 is 0 Å². The van der Waals surface area contributed by atoms with Crippen molar-refractivity contribution < 1.29 is 9.53 Å². The van der Waals surface area contributed by atoms with E-state index < -0.39 is 0 Å². The summed E-state index contributed by atoms with van der Waals surface area (Å²) in [5, 5.41) is 0. The summed E-state index contributed by atoms with van der Waals surface area (Å²) in [7, 11) is 0. The number of aldehydes is 1. The highest BCUT2D eigenvalue weighted by molar-refractivity contribution is 5.59. The topological polar surface area (TPSA) is 26.3 Å². The Labute approximate surface area is 83.2 Å². The second-order valence-electron chi connectivity index (χ2n) is 3.27. The molecular weight excluding hydrogens is 176 g/mol. The first-order valence-corrected chi connectivity index (χ1v) is 4.76. The summed E-state index contributed by atoms with van der Waals surface area (Å²) in [5.41, 5.74) is 2.40. The van der Waals surface area contributed by atoms with Crippen molar-refractivity contribution in [2.24, 2.45) is 0 Å². The van der Waals surface area contributed by atoms with Crippen LogP contribution in [0, 0.1) is 0 Å². The number of allylic oxidation sites excluding steroid dienone is 1. The van der Waals surface area contributed by atoms with Gasteiger partial charge < -0.3 is 9.53 Å². The molecule has 72 valence electrons. The van der Waals surface area contributed by atoms with Gasteiger partial charge in [0, 0.05) is 12.8 Å². The molecule has 0 fully saturated rings. The van der Waals surface area contributed by atoms with Crippen LogP contribution in [0.25, 0.3) is 6.08 Å². The van der Waals surface area contributed by atoms with Gasteiger partial charge in [0.2, 0.25) is 0 Å². The van der Waals surface area contributed by atoms with E-state index in [9.17, 15) is 4.79 Å². The number of ether oxygens (including phenoxy) is 1. The first-order valence-electron chi connectivity index (χ1n) is 4.76. The third kappa shape index (κ3) is 1.84. The molecule has 1 aromatic carbocycles. The molecule has 0 unspecified atom stereocenters. The van der Waals surface area contributed by atoms with Crippen LogP contribution in [0.5, 0.6) is 5.75 Å². The average Bonchev–Trinajstić information content (AvgIpc) is 2.65. The Balaban J connectivity index is 2.16. The summed E-state index contributed by atoms with van der Waals surface area (Å²) in [5.74, 6) is 0.998. The molecule has 1 aliphatic rings. The van der Waals surface area contributed by atoms with E-state index >= 15 is 0 Å². The van der Waals surface area contributed by atoms with Crippen LogP contribution in [0.1, 0.15) is 17.5 Å². The highest BCUT2D eigenvalue weighted by atomic mass is 16.5. The molecule has 0 amide bonds. The molecule has 0 aromatic heterocycles. The van der Waals surface area contributed by atoms with Gasteiger partial charge in [0.05, 0.1) is 6.61 Å². The van der Waals surface area contributed by atoms with E-state index in [-0.39, 0.29) is 0 Å². The van der Waals surface area contributed by atoms with Crippen molar-refractivity contribution in [3.63, 3.8) is 0 Å². The third-order valence-electron chi connectivity index (χ3n) is 2.26. The highest BCUT2D eigenvalue weighted by Gasteiger charge is 2.10. The van der Waals surface area contributed by atoms with Crippen molar-refractivity contribution >= 4 is 12.4 Å². The summed E-state index contributed by atoms with van der Waals surface area (Å²) >= 11 is 0. The molecule has 2 heteroatoms. The van der Waals surface area contributed by atoms with Crippen molar-refractivity contribution in [1.82, 2.24) is 0 Å². The van der Waals surface area contributed by atoms with E-state index in [0.717, 1.165) is 30.6 Å². The first kappa shape index (κ1) is 9.00. The van der Waals surface area contributed by atoms with E-state index in [4.69, 9.17) is 4.74 Å². The maximum Gasteiger partial charge on any atom is 0.123 e. The van der Waals surface area contributed by atoms with Crippen LogP contribution in [0.3, 0.4) is 0 Å². The van der Waals surface area contributed by atoms with E-state index in [0.29, 0.717) is 6.42 Å².